The minimum atomic E-state index is -1.45. The largest absolute Gasteiger partial charge is 0.493 e. The van der Waals surface area contributed by atoms with Gasteiger partial charge in [-0.05, 0) is 22.7 Å². The van der Waals surface area contributed by atoms with Crippen LogP contribution in [-0.4, -0.2) is 15.4 Å². The summed E-state index contributed by atoms with van der Waals surface area (Å²) in [7, 11) is -1.45. The van der Waals surface area contributed by atoms with E-state index in [4.69, 9.17) is 4.74 Å². The molecular formula is C23H25BrOSi. The third-order valence-corrected chi connectivity index (χ3v) is 9.22. The first-order valence-electron chi connectivity index (χ1n) is 8.98. The van der Waals surface area contributed by atoms with Crippen LogP contribution in [0.5, 0.6) is 5.75 Å². The van der Waals surface area contributed by atoms with Crippen LogP contribution in [0.25, 0.3) is 0 Å². The third-order valence-electron chi connectivity index (χ3n) is 4.74. The summed E-state index contributed by atoms with van der Waals surface area (Å²) in [5.74, 6) is 0.941. The van der Waals surface area contributed by atoms with Crippen molar-refractivity contribution in [2.24, 2.45) is 0 Å². The van der Waals surface area contributed by atoms with Crippen molar-refractivity contribution in [1.29, 1.82) is 0 Å². The highest BCUT2D eigenvalue weighted by atomic mass is 79.9. The van der Waals surface area contributed by atoms with E-state index in [2.05, 4.69) is 115 Å². The lowest BCUT2D eigenvalue weighted by molar-refractivity contribution is 0.277. The first-order chi connectivity index (χ1) is 12.6. The van der Waals surface area contributed by atoms with Gasteiger partial charge in [0.25, 0.3) is 0 Å². The van der Waals surface area contributed by atoms with E-state index in [1.54, 1.807) is 0 Å². The second-order valence-electron chi connectivity index (χ2n) is 7.31. The van der Waals surface area contributed by atoms with Crippen LogP contribution in [0.2, 0.25) is 5.04 Å². The van der Waals surface area contributed by atoms with Gasteiger partial charge in [-0.2, -0.15) is 0 Å². The number of hydrogen-bond acceptors (Lipinski definition) is 1. The van der Waals surface area contributed by atoms with E-state index in [1.807, 2.05) is 0 Å². The Morgan fingerprint density at radius 3 is 1.73 bits per heavy atom. The SMILES string of the molecule is CC(C)(COc1ccc(CBr)cc1)[SiH](c1ccccc1)c1ccccc1. The summed E-state index contributed by atoms with van der Waals surface area (Å²) in [5, 5.41) is 3.87. The van der Waals surface area contributed by atoms with E-state index < -0.39 is 8.80 Å². The van der Waals surface area contributed by atoms with Crippen LogP contribution in [-0.2, 0) is 5.33 Å². The van der Waals surface area contributed by atoms with Crippen molar-refractivity contribution >= 4 is 35.1 Å². The molecule has 3 aromatic carbocycles. The van der Waals surface area contributed by atoms with Gasteiger partial charge in [0.05, 0.1) is 6.61 Å². The van der Waals surface area contributed by atoms with Gasteiger partial charge in [0, 0.05) is 5.33 Å². The number of ether oxygens (including phenoxy) is 1. The normalized spacial score (nSPS) is 11.5. The second kappa shape index (κ2) is 8.70. The van der Waals surface area contributed by atoms with Gasteiger partial charge in [0.1, 0.15) is 14.5 Å². The molecule has 0 bridgehead atoms. The predicted octanol–water partition coefficient (Wildman–Crippen LogP) is 4.78. The van der Waals surface area contributed by atoms with Crippen LogP contribution in [0.15, 0.2) is 84.9 Å². The van der Waals surface area contributed by atoms with Crippen LogP contribution < -0.4 is 15.1 Å². The molecule has 0 unspecified atom stereocenters. The highest BCUT2D eigenvalue weighted by Gasteiger charge is 2.34. The van der Waals surface area contributed by atoms with Gasteiger partial charge in [-0.3, -0.25) is 0 Å². The number of alkyl halides is 1. The molecule has 0 atom stereocenters. The topological polar surface area (TPSA) is 9.23 Å². The Morgan fingerprint density at radius 2 is 1.27 bits per heavy atom. The van der Waals surface area contributed by atoms with Crippen molar-refractivity contribution < 1.29 is 4.74 Å². The maximum absolute atomic E-state index is 6.21. The molecule has 0 amide bonds. The summed E-state index contributed by atoms with van der Waals surface area (Å²) in [6, 6.07) is 30.2. The molecule has 0 saturated heterocycles. The fourth-order valence-electron chi connectivity index (χ4n) is 3.41. The second-order valence-corrected chi connectivity index (χ2v) is 11.6. The quantitative estimate of drug-likeness (QED) is 0.391. The average molecular weight is 425 g/mol. The van der Waals surface area contributed by atoms with E-state index in [1.165, 1.54) is 15.9 Å². The first-order valence-corrected chi connectivity index (χ1v) is 11.8. The third kappa shape index (κ3) is 4.66. The molecule has 0 aromatic heterocycles. The lowest BCUT2D eigenvalue weighted by Crippen LogP contribution is -2.51. The summed E-state index contributed by atoms with van der Waals surface area (Å²) in [5.41, 5.74) is 1.26. The molecule has 134 valence electrons. The maximum Gasteiger partial charge on any atom is 0.119 e. The monoisotopic (exact) mass is 424 g/mol. The molecule has 0 aliphatic rings. The first kappa shape index (κ1) is 18.9. The lowest BCUT2D eigenvalue weighted by atomic mass is 10.2. The molecule has 3 heteroatoms. The Kier molecular flexibility index (Phi) is 6.33. The molecule has 0 heterocycles. The van der Waals surface area contributed by atoms with Gasteiger partial charge >= 0.3 is 0 Å². The fraction of sp³-hybridized carbons (Fsp3) is 0.217. The Morgan fingerprint density at radius 1 is 0.769 bits per heavy atom. The number of rotatable bonds is 7. The van der Waals surface area contributed by atoms with Crippen molar-refractivity contribution in [2.75, 3.05) is 6.61 Å². The molecule has 0 N–H and O–H groups in total. The van der Waals surface area contributed by atoms with Crippen molar-refractivity contribution in [2.45, 2.75) is 24.2 Å². The van der Waals surface area contributed by atoms with E-state index in [9.17, 15) is 0 Å². The van der Waals surface area contributed by atoms with E-state index >= 15 is 0 Å². The van der Waals surface area contributed by atoms with Gasteiger partial charge < -0.3 is 4.74 Å². The van der Waals surface area contributed by atoms with E-state index in [-0.39, 0.29) is 5.04 Å². The molecule has 3 aromatic rings. The minimum Gasteiger partial charge on any atom is -0.493 e. The molecule has 3 rings (SSSR count). The zero-order valence-corrected chi connectivity index (χ0v) is 18.1. The smallest absolute Gasteiger partial charge is 0.119 e. The van der Waals surface area contributed by atoms with Gasteiger partial charge in [0.15, 0.2) is 0 Å². The highest BCUT2D eigenvalue weighted by Crippen LogP contribution is 2.29. The molecule has 0 radical (unpaired) electrons. The van der Waals surface area contributed by atoms with Crippen LogP contribution in [0.3, 0.4) is 0 Å². The number of halogens is 1. The van der Waals surface area contributed by atoms with Gasteiger partial charge in [-0.1, -0.05) is 113 Å². The zero-order chi connectivity index (χ0) is 18.4. The molecule has 0 saturated carbocycles. The summed E-state index contributed by atoms with van der Waals surface area (Å²) in [6.45, 7) is 5.40. The van der Waals surface area contributed by atoms with Crippen molar-refractivity contribution in [1.82, 2.24) is 0 Å². The van der Waals surface area contributed by atoms with Crippen molar-refractivity contribution in [3.63, 3.8) is 0 Å². The Hall–Kier alpha value is -1.84. The molecule has 26 heavy (non-hydrogen) atoms. The zero-order valence-electron chi connectivity index (χ0n) is 15.4. The predicted molar refractivity (Wildman–Crippen MR) is 118 cm³/mol. The standard InChI is InChI=1S/C23H25BrOSi/c1-23(2,18-25-20-15-13-19(17-24)14-16-20)26(21-9-5-3-6-10-21)22-11-7-4-8-12-22/h3-16,26H,17-18H2,1-2H3. The maximum atomic E-state index is 6.21. The van der Waals surface area contributed by atoms with Gasteiger partial charge in [-0.15, -0.1) is 0 Å². The van der Waals surface area contributed by atoms with Crippen LogP contribution in [0.1, 0.15) is 19.4 Å². The molecule has 0 fully saturated rings. The Bertz CT molecular complexity index is 761. The summed E-state index contributed by atoms with van der Waals surface area (Å²) in [4.78, 5) is 0. The average Bonchev–Trinajstić information content (AvgIpc) is 2.68. The molecule has 0 aliphatic carbocycles. The molecule has 1 nitrogen and oxygen atoms in total. The van der Waals surface area contributed by atoms with Crippen LogP contribution in [0.4, 0.5) is 0 Å². The van der Waals surface area contributed by atoms with Crippen LogP contribution >= 0.6 is 15.9 Å². The van der Waals surface area contributed by atoms with E-state index in [0.717, 1.165) is 11.1 Å². The van der Waals surface area contributed by atoms with E-state index in [0.29, 0.717) is 6.61 Å². The van der Waals surface area contributed by atoms with Crippen molar-refractivity contribution in [3.8, 4) is 5.75 Å². The molecule has 0 aliphatic heterocycles. The van der Waals surface area contributed by atoms with Gasteiger partial charge in [-0.25, -0.2) is 0 Å². The number of hydrogen-bond donors (Lipinski definition) is 0. The summed E-state index contributed by atoms with van der Waals surface area (Å²) in [6.07, 6.45) is 0. The summed E-state index contributed by atoms with van der Waals surface area (Å²) >= 11 is 3.49. The molecule has 0 spiro atoms. The van der Waals surface area contributed by atoms with Crippen molar-refractivity contribution in [3.05, 3.63) is 90.5 Å². The number of benzene rings is 3. The molecular weight excluding hydrogens is 400 g/mol. The van der Waals surface area contributed by atoms with Gasteiger partial charge in [0.2, 0.25) is 0 Å². The Balaban J connectivity index is 1.84. The Labute approximate surface area is 166 Å². The highest BCUT2D eigenvalue weighted by molar-refractivity contribution is 9.08. The summed E-state index contributed by atoms with van der Waals surface area (Å²) < 4.78 is 6.21. The van der Waals surface area contributed by atoms with Crippen LogP contribution in [0, 0.1) is 0 Å². The fourth-order valence-corrected chi connectivity index (χ4v) is 7.44. The lowest BCUT2D eigenvalue weighted by Gasteiger charge is -2.34. The minimum absolute atomic E-state index is 0.0802.